The molecule has 0 spiro atoms. The van der Waals surface area contributed by atoms with Crippen molar-refractivity contribution in [1.29, 1.82) is 0 Å². The third-order valence-corrected chi connectivity index (χ3v) is 6.98. The fourth-order valence-electron chi connectivity index (χ4n) is 4.34. The molecule has 1 heterocycles. The molecule has 1 aromatic heterocycles. The number of rotatable bonds is 2. The first-order valence-electron chi connectivity index (χ1n) is 9.88. The maximum atomic E-state index is 2.26. The predicted octanol–water partition coefficient (Wildman–Crippen LogP) is 8.54. The van der Waals surface area contributed by atoms with Crippen molar-refractivity contribution in [3.8, 4) is 20.9 Å². The molecule has 1 heteroatoms. The summed E-state index contributed by atoms with van der Waals surface area (Å²) in [4.78, 5) is 2.70. The Hall–Kier alpha value is -3.42. The topological polar surface area (TPSA) is 0 Å². The highest BCUT2D eigenvalue weighted by molar-refractivity contribution is 7.21. The molecule has 0 saturated carbocycles. The van der Waals surface area contributed by atoms with Crippen molar-refractivity contribution in [2.75, 3.05) is 0 Å². The summed E-state index contributed by atoms with van der Waals surface area (Å²) in [5, 5.41) is 7.86. The van der Waals surface area contributed by atoms with Crippen molar-refractivity contribution in [2.45, 2.75) is 0 Å². The van der Waals surface area contributed by atoms with Crippen molar-refractivity contribution in [1.82, 2.24) is 0 Å². The van der Waals surface area contributed by atoms with Crippen molar-refractivity contribution in [3.05, 3.63) is 109 Å². The molecule has 0 saturated heterocycles. The largest absolute Gasteiger partial charge is 0.134 e. The van der Waals surface area contributed by atoms with Crippen LogP contribution in [0, 0.1) is 0 Å². The van der Waals surface area contributed by atoms with Crippen LogP contribution < -0.4 is 0 Å². The minimum atomic E-state index is 1.29. The van der Waals surface area contributed by atoms with Crippen molar-refractivity contribution >= 4 is 43.7 Å². The average molecular weight is 387 g/mol. The maximum absolute atomic E-state index is 2.26. The van der Waals surface area contributed by atoms with Gasteiger partial charge in [-0.05, 0) is 21.5 Å². The summed E-state index contributed by atoms with van der Waals surface area (Å²) in [5.74, 6) is 0. The molecule has 6 aromatic rings. The van der Waals surface area contributed by atoms with E-state index in [4.69, 9.17) is 0 Å². The van der Waals surface area contributed by atoms with E-state index >= 15 is 0 Å². The lowest BCUT2D eigenvalue weighted by Gasteiger charge is -2.06. The van der Waals surface area contributed by atoms with E-state index in [0.29, 0.717) is 0 Å². The molecule has 0 aliphatic rings. The van der Waals surface area contributed by atoms with Gasteiger partial charge in [-0.15, -0.1) is 11.3 Å². The smallest absolute Gasteiger partial charge is 0.0434 e. The minimum Gasteiger partial charge on any atom is -0.134 e. The fourth-order valence-corrected chi connectivity index (χ4v) is 5.69. The van der Waals surface area contributed by atoms with Gasteiger partial charge in [-0.3, -0.25) is 0 Å². The van der Waals surface area contributed by atoms with Gasteiger partial charge in [0, 0.05) is 31.7 Å². The lowest BCUT2D eigenvalue weighted by Crippen LogP contribution is -1.78. The maximum Gasteiger partial charge on any atom is 0.0434 e. The van der Waals surface area contributed by atoms with Crippen LogP contribution in [0.15, 0.2) is 109 Å². The molecule has 29 heavy (non-hydrogen) atoms. The quantitative estimate of drug-likeness (QED) is 0.280. The van der Waals surface area contributed by atoms with Gasteiger partial charge >= 0.3 is 0 Å². The standard InChI is InChI=1S/C28H18S/c1-3-13-21-19(9-1)11-7-17-23(21)27-25-15-5-6-16-26(25)28(29-27)24-18-8-12-20-10-2-4-14-22(20)24/h1-18H. The molecular formula is C28H18S. The van der Waals surface area contributed by atoms with Gasteiger partial charge in [-0.25, -0.2) is 0 Å². The Kier molecular flexibility index (Phi) is 3.75. The summed E-state index contributed by atoms with van der Waals surface area (Å²) in [6, 6.07) is 39.4. The summed E-state index contributed by atoms with van der Waals surface area (Å²) >= 11 is 1.91. The molecule has 0 amide bonds. The first kappa shape index (κ1) is 16.5. The Morgan fingerprint density at radius 2 is 0.724 bits per heavy atom. The number of benzene rings is 5. The molecule has 0 nitrogen and oxygen atoms in total. The normalized spacial score (nSPS) is 11.4. The Bertz CT molecular complexity index is 1380. The second-order valence-corrected chi connectivity index (χ2v) is 8.38. The summed E-state index contributed by atoms with van der Waals surface area (Å²) in [6.45, 7) is 0. The van der Waals surface area contributed by atoms with E-state index < -0.39 is 0 Å². The van der Waals surface area contributed by atoms with Crippen LogP contribution in [0.5, 0.6) is 0 Å². The highest BCUT2D eigenvalue weighted by atomic mass is 32.1. The number of hydrogen-bond donors (Lipinski definition) is 0. The van der Waals surface area contributed by atoms with Gasteiger partial charge in [0.05, 0.1) is 0 Å². The summed E-state index contributed by atoms with van der Waals surface area (Å²) < 4.78 is 0. The molecule has 0 fully saturated rings. The van der Waals surface area contributed by atoms with Crippen LogP contribution in [0.25, 0.3) is 53.2 Å². The van der Waals surface area contributed by atoms with E-state index in [9.17, 15) is 0 Å². The van der Waals surface area contributed by atoms with Gasteiger partial charge < -0.3 is 0 Å². The van der Waals surface area contributed by atoms with E-state index in [-0.39, 0.29) is 0 Å². The van der Waals surface area contributed by atoms with E-state index in [1.54, 1.807) is 0 Å². The van der Waals surface area contributed by atoms with E-state index in [2.05, 4.69) is 109 Å². The molecule has 0 aliphatic heterocycles. The van der Waals surface area contributed by atoms with Crippen LogP contribution in [0.3, 0.4) is 0 Å². The first-order chi connectivity index (χ1) is 14.4. The van der Waals surface area contributed by atoms with Gasteiger partial charge in [0.2, 0.25) is 0 Å². The van der Waals surface area contributed by atoms with Gasteiger partial charge in [0.1, 0.15) is 0 Å². The highest BCUT2D eigenvalue weighted by Gasteiger charge is 2.16. The number of thiophene rings is 1. The van der Waals surface area contributed by atoms with Crippen LogP contribution >= 0.6 is 11.3 Å². The average Bonchev–Trinajstić information content (AvgIpc) is 3.18. The van der Waals surface area contributed by atoms with Crippen molar-refractivity contribution < 1.29 is 0 Å². The zero-order valence-electron chi connectivity index (χ0n) is 15.8. The van der Waals surface area contributed by atoms with Gasteiger partial charge in [-0.2, -0.15) is 0 Å². The van der Waals surface area contributed by atoms with Crippen molar-refractivity contribution in [2.24, 2.45) is 0 Å². The second kappa shape index (κ2) is 6.58. The van der Waals surface area contributed by atoms with E-state index in [0.717, 1.165) is 0 Å². The zero-order chi connectivity index (χ0) is 19.2. The van der Waals surface area contributed by atoms with Crippen LogP contribution in [0.1, 0.15) is 0 Å². The van der Waals surface area contributed by atoms with Gasteiger partial charge in [-0.1, -0.05) is 109 Å². The van der Waals surface area contributed by atoms with E-state index in [1.807, 2.05) is 11.3 Å². The molecule has 0 aliphatic carbocycles. The van der Waals surface area contributed by atoms with Crippen LogP contribution in [0.2, 0.25) is 0 Å². The fraction of sp³-hybridized carbons (Fsp3) is 0. The summed E-state index contributed by atoms with van der Waals surface area (Å²) in [6.07, 6.45) is 0. The lowest BCUT2D eigenvalue weighted by molar-refractivity contribution is 1.74. The van der Waals surface area contributed by atoms with Crippen LogP contribution in [-0.2, 0) is 0 Å². The predicted molar refractivity (Wildman–Crippen MR) is 128 cm³/mol. The Morgan fingerprint density at radius 3 is 1.21 bits per heavy atom. The highest BCUT2D eigenvalue weighted by Crippen LogP contribution is 2.47. The third kappa shape index (κ3) is 2.59. The number of fused-ring (bicyclic) bond motifs is 3. The van der Waals surface area contributed by atoms with Crippen LogP contribution in [0.4, 0.5) is 0 Å². The second-order valence-electron chi connectivity index (χ2n) is 7.36. The molecule has 5 aromatic carbocycles. The third-order valence-electron chi connectivity index (χ3n) is 5.69. The van der Waals surface area contributed by atoms with Gasteiger partial charge in [0.15, 0.2) is 0 Å². The molecular weight excluding hydrogens is 368 g/mol. The molecule has 0 radical (unpaired) electrons. The Labute approximate surface area is 173 Å². The first-order valence-corrected chi connectivity index (χ1v) is 10.7. The Balaban J connectivity index is 1.71. The SMILES string of the molecule is c1ccc2c(-c3sc(-c4cccc5ccccc45)c4ccccc34)cccc2c1. The molecule has 0 bridgehead atoms. The van der Waals surface area contributed by atoms with E-state index in [1.165, 1.54) is 53.2 Å². The summed E-state index contributed by atoms with van der Waals surface area (Å²) in [5.41, 5.74) is 2.63. The zero-order valence-corrected chi connectivity index (χ0v) is 16.6. The molecule has 0 atom stereocenters. The summed E-state index contributed by atoms with van der Waals surface area (Å²) in [7, 11) is 0. The number of hydrogen-bond acceptors (Lipinski definition) is 1. The monoisotopic (exact) mass is 386 g/mol. The minimum absolute atomic E-state index is 1.29. The van der Waals surface area contributed by atoms with Crippen LogP contribution in [-0.4, -0.2) is 0 Å². The molecule has 6 rings (SSSR count). The molecule has 0 N–H and O–H groups in total. The Morgan fingerprint density at radius 1 is 0.345 bits per heavy atom. The molecule has 136 valence electrons. The lowest BCUT2D eigenvalue weighted by atomic mass is 9.98. The van der Waals surface area contributed by atoms with Gasteiger partial charge in [0.25, 0.3) is 0 Å². The molecule has 0 unspecified atom stereocenters. The van der Waals surface area contributed by atoms with Crippen molar-refractivity contribution in [3.63, 3.8) is 0 Å².